The molecule has 0 radical (unpaired) electrons. The first-order chi connectivity index (χ1) is 10.3. The second-order valence-corrected chi connectivity index (χ2v) is 6.60. The summed E-state index contributed by atoms with van der Waals surface area (Å²) in [6.07, 6.45) is 8.49. The van der Waals surface area contributed by atoms with Crippen molar-refractivity contribution in [2.75, 3.05) is 14.2 Å². The Morgan fingerprint density at radius 1 is 1.00 bits per heavy atom. The van der Waals surface area contributed by atoms with Gasteiger partial charge in [-0.2, -0.15) is 0 Å². The van der Waals surface area contributed by atoms with Crippen molar-refractivity contribution in [1.29, 1.82) is 0 Å². The fourth-order valence-corrected chi connectivity index (χ4v) is 3.91. The Kier molecular flexibility index (Phi) is 4.48. The second-order valence-electron chi connectivity index (χ2n) is 5.28. The minimum Gasteiger partial charge on any atom is -0.493 e. The van der Waals surface area contributed by atoms with E-state index in [-0.39, 0.29) is 0 Å². The average Bonchev–Trinajstić information content (AvgIpc) is 2.54. The van der Waals surface area contributed by atoms with E-state index in [9.17, 15) is 0 Å². The van der Waals surface area contributed by atoms with Gasteiger partial charge in [0.25, 0.3) is 0 Å². The van der Waals surface area contributed by atoms with Crippen molar-refractivity contribution in [2.45, 2.75) is 42.4 Å². The van der Waals surface area contributed by atoms with Gasteiger partial charge in [-0.1, -0.05) is 19.3 Å². The molecule has 1 aliphatic rings. The molecule has 0 amide bonds. The molecule has 1 fully saturated rings. The maximum absolute atomic E-state index is 5.33. The van der Waals surface area contributed by atoms with Gasteiger partial charge in [-0.25, -0.2) is 4.98 Å². The lowest BCUT2D eigenvalue weighted by Crippen LogP contribution is -2.08. The lowest BCUT2D eigenvalue weighted by atomic mass is 10.0. The number of hydrogen-bond acceptors (Lipinski definition) is 5. The molecule has 1 saturated carbocycles. The highest BCUT2D eigenvalue weighted by atomic mass is 32.2. The summed E-state index contributed by atoms with van der Waals surface area (Å²) < 4.78 is 10.6. The van der Waals surface area contributed by atoms with Crippen LogP contribution in [0.5, 0.6) is 11.5 Å². The lowest BCUT2D eigenvalue weighted by molar-refractivity contribution is 0.355. The Morgan fingerprint density at radius 2 is 1.67 bits per heavy atom. The number of ether oxygens (including phenoxy) is 2. The van der Waals surface area contributed by atoms with Gasteiger partial charge in [0.15, 0.2) is 11.5 Å². The molecule has 1 aliphatic carbocycles. The van der Waals surface area contributed by atoms with E-state index in [2.05, 4.69) is 4.98 Å². The van der Waals surface area contributed by atoms with Crippen LogP contribution in [0.15, 0.2) is 23.4 Å². The van der Waals surface area contributed by atoms with E-state index in [0.29, 0.717) is 16.7 Å². The topological polar surface area (TPSA) is 44.2 Å². The molecule has 0 spiro atoms. The summed E-state index contributed by atoms with van der Waals surface area (Å²) in [5, 5.41) is 1.69. The van der Waals surface area contributed by atoms with Crippen molar-refractivity contribution >= 4 is 22.8 Å². The molecule has 1 aromatic heterocycles. The molecule has 21 heavy (non-hydrogen) atoms. The van der Waals surface area contributed by atoms with Crippen LogP contribution in [0.3, 0.4) is 0 Å². The van der Waals surface area contributed by atoms with Gasteiger partial charge in [0, 0.05) is 17.4 Å². The monoisotopic (exact) mass is 304 g/mol. The lowest BCUT2D eigenvalue weighted by Gasteiger charge is -2.20. The van der Waals surface area contributed by atoms with Crippen LogP contribution in [0.4, 0.5) is 0 Å². The number of rotatable bonds is 4. The van der Waals surface area contributed by atoms with Gasteiger partial charge in [-0.05, 0) is 12.8 Å². The van der Waals surface area contributed by atoms with E-state index in [1.54, 1.807) is 14.2 Å². The highest BCUT2D eigenvalue weighted by Crippen LogP contribution is 2.35. The first kappa shape index (κ1) is 14.4. The van der Waals surface area contributed by atoms with E-state index in [1.807, 2.05) is 30.1 Å². The minimum absolute atomic E-state index is 0.686. The van der Waals surface area contributed by atoms with Crippen molar-refractivity contribution in [3.8, 4) is 11.5 Å². The van der Waals surface area contributed by atoms with Crippen LogP contribution in [-0.2, 0) is 0 Å². The second kappa shape index (κ2) is 6.52. The summed E-state index contributed by atoms with van der Waals surface area (Å²) in [5.41, 5.74) is 1.69. The number of fused-ring (bicyclic) bond motifs is 1. The van der Waals surface area contributed by atoms with Crippen LogP contribution in [0.2, 0.25) is 0 Å². The third-order valence-electron chi connectivity index (χ3n) is 3.87. The van der Waals surface area contributed by atoms with Crippen molar-refractivity contribution in [1.82, 2.24) is 9.97 Å². The van der Waals surface area contributed by atoms with Crippen LogP contribution in [0.25, 0.3) is 11.0 Å². The molecule has 5 heteroatoms. The maximum atomic E-state index is 5.33. The summed E-state index contributed by atoms with van der Waals surface area (Å²) in [6.45, 7) is 0. The fraction of sp³-hybridized carbons (Fsp3) is 0.500. The molecule has 112 valence electrons. The molecule has 0 unspecified atom stereocenters. The Balaban J connectivity index is 1.88. The standard InChI is InChI=1S/C16H20N2O2S/c1-19-14-8-12-13(9-15(14)20-2)18-16(10-17-12)21-11-6-4-3-5-7-11/h8-11H,3-7H2,1-2H3. The zero-order valence-electron chi connectivity index (χ0n) is 12.5. The van der Waals surface area contributed by atoms with E-state index in [1.165, 1.54) is 32.1 Å². The van der Waals surface area contributed by atoms with Gasteiger partial charge in [0.05, 0.1) is 31.4 Å². The number of benzene rings is 1. The molecule has 0 N–H and O–H groups in total. The van der Waals surface area contributed by atoms with Crippen LogP contribution >= 0.6 is 11.8 Å². The van der Waals surface area contributed by atoms with Crippen LogP contribution in [0, 0.1) is 0 Å². The smallest absolute Gasteiger partial charge is 0.163 e. The largest absolute Gasteiger partial charge is 0.493 e. The van der Waals surface area contributed by atoms with E-state index in [4.69, 9.17) is 14.5 Å². The van der Waals surface area contributed by atoms with E-state index in [0.717, 1.165) is 16.1 Å². The van der Waals surface area contributed by atoms with Crippen LogP contribution < -0.4 is 9.47 Å². The molecule has 0 aliphatic heterocycles. The van der Waals surface area contributed by atoms with Crippen LogP contribution in [0.1, 0.15) is 32.1 Å². The number of thioether (sulfide) groups is 1. The molecule has 1 heterocycles. The number of hydrogen-bond donors (Lipinski definition) is 0. The summed E-state index contributed by atoms with van der Waals surface area (Å²) in [6, 6.07) is 3.77. The molecular formula is C16H20N2O2S. The first-order valence-corrected chi connectivity index (χ1v) is 8.23. The maximum Gasteiger partial charge on any atom is 0.163 e. The Morgan fingerprint density at radius 3 is 2.33 bits per heavy atom. The highest BCUT2D eigenvalue weighted by molar-refractivity contribution is 7.99. The van der Waals surface area contributed by atoms with Gasteiger partial charge in [-0.3, -0.25) is 4.98 Å². The predicted octanol–water partition coefficient (Wildman–Crippen LogP) is 4.07. The highest BCUT2D eigenvalue weighted by Gasteiger charge is 2.16. The summed E-state index contributed by atoms with van der Waals surface area (Å²) in [7, 11) is 3.27. The van der Waals surface area contributed by atoms with Gasteiger partial charge in [0.2, 0.25) is 0 Å². The molecule has 4 nitrogen and oxygen atoms in total. The minimum atomic E-state index is 0.686. The number of aromatic nitrogens is 2. The molecular weight excluding hydrogens is 284 g/mol. The quantitative estimate of drug-likeness (QED) is 0.852. The zero-order valence-corrected chi connectivity index (χ0v) is 13.3. The van der Waals surface area contributed by atoms with Crippen LogP contribution in [-0.4, -0.2) is 29.4 Å². The zero-order chi connectivity index (χ0) is 14.7. The SMILES string of the molecule is COc1cc2ncc(SC3CCCCC3)nc2cc1OC. The van der Waals surface area contributed by atoms with Crippen molar-refractivity contribution in [2.24, 2.45) is 0 Å². The summed E-state index contributed by atoms with van der Waals surface area (Å²) in [5.74, 6) is 1.38. The normalized spacial score (nSPS) is 16.1. The van der Waals surface area contributed by atoms with Crippen molar-refractivity contribution < 1.29 is 9.47 Å². The molecule has 3 rings (SSSR count). The fourth-order valence-electron chi connectivity index (χ4n) is 2.73. The summed E-state index contributed by atoms with van der Waals surface area (Å²) >= 11 is 1.86. The third kappa shape index (κ3) is 3.23. The Hall–Kier alpha value is -1.49. The number of nitrogens with zero attached hydrogens (tertiary/aromatic N) is 2. The van der Waals surface area contributed by atoms with Gasteiger partial charge >= 0.3 is 0 Å². The molecule has 0 atom stereocenters. The van der Waals surface area contributed by atoms with Crippen molar-refractivity contribution in [3.05, 3.63) is 18.3 Å². The predicted molar refractivity (Wildman–Crippen MR) is 85.4 cm³/mol. The van der Waals surface area contributed by atoms with Gasteiger partial charge < -0.3 is 9.47 Å². The third-order valence-corrected chi connectivity index (χ3v) is 5.11. The van der Waals surface area contributed by atoms with Gasteiger partial charge in [-0.15, -0.1) is 11.8 Å². The first-order valence-electron chi connectivity index (χ1n) is 7.35. The average molecular weight is 304 g/mol. The summed E-state index contributed by atoms with van der Waals surface area (Å²) in [4.78, 5) is 9.23. The molecule has 2 aromatic rings. The molecule has 1 aromatic carbocycles. The van der Waals surface area contributed by atoms with E-state index < -0.39 is 0 Å². The van der Waals surface area contributed by atoms with Gasteiger partial charge in [0.1, 0.15) is 5.03 Å². The Bertz CT molecular complexity index is 627. The van der Waals surface area contributed by atoms with E-state index >= 15 is 0 Å². The molecule has 0 saturated heterocycles. The Labute approximate surface area is 129 Å². The van der Waals surface area contributed by atoms with Crippen molar-refractivity contribution in [3.63, 3.8) is 0 Å². The molecule has 0 bridgehead atoms. The number of methoxy groups -OCH3 is 2.